The van der Waals surface area contributed by atoms with Crippen LogP contribution in [0.2, 0.25) is 0 Å². The van der Waals surface area contributed by atoms with Crippen LogP contribution < -0.4 is 0 Å². The zero-order valence-electron chi connectivity index (χ0n) is 20.5. The van der Waals surface area contributed by atoms with Gasteiger partial charge >= 0.3 is 0 Å². The van der Waals surface area contributed by atoms with Gasteiger partial charge in [0.25, 0.3) is 0 Å². The minimum absolute atomic E-state index is 0.960. The van der Waals surface area contributed by atoms with Crippen LogP contribution in [0.3, 0.4) is 0 Å². The number of rotatable bonds is 3. The fourth-order valence-electron chi connectivity index (χ4n) is 5.43. The van der Waals surface area contributed by atoms with Gasteiger partial charge in [0.15, 0.2) is 0 Å². The zero-order chi connectivity index (χ0) is 24.8. The van der Waals surface area contributed by atoms with Gasteiger partial charge < -0.3 is 0 Å². The van der Waals surface area contributed by atoms with Gasteiger partial charge in [-0.2, -0.15) is 0 Å². The molecule has 2 nitrogen and oxygen atoms in total. The Kier molecular flexibility index (Phi) is 5.04. The predicted molar refractivity (Wildman–Crippen MR) is 156 cm³/mol. The minimum Gasteiger partial charge on any atom is -0.264 e. The Morgan fingerprint density at radius 1 is 0.432 bits per heavy atom. The Hall–Kier alpha value is -4.82. The molecular weight excluding hydrogens is 448 g/mol. The average molecular weight is 473 g/mol. The van der Waals surface area contributed by atoms with Crippen molar-refractivity contribution in [3.05, 3.63) is 133 Å². The Labute approximate surface area is 215 Å². The second-order valence-corrected chi connectivity index (χ2v) is 9.61. The third kappa shape index (κ3) is 3.75. The summed E-state index contributed by atoms with van der Waals surface area (Å²) in [6.45, 7) is 2.16. The standard InChI is InChI=1S/C35H24N2/c1-23-11-13-32-33(17-23)30-9-3-2-8-29(30)31-14-12-24(21-34(31)32)26-18-27(25-7-6-15-36-22-25)20-28(19-26)35-10-4-5-16-37-35/h2-22H,1H3. The van der Waals surface area contributed by atoms with Crippen molar-refractivity contribution in [2.45, 2.75) is 6.92 Å². The molecule has 37 heavy (non-hydrogen) atoms. The number of aryl methyl sites for hydroxylation is 1. The molecule has 0 N–H and O–H groups in total. The number of aromatic nitrogens is 2. The maximum absolute atomic E-state index is 4.64. The van der Waals surface area contributed by atoms with Crippen LogP contribution in [0.15, 0.2) is 128 Å². The molecule has 7 rings (SSSR count). The van der Waals surface area contributed by atoms with E-state index in [1.165, 1.54) is 43.4 Å². The summed E-state index contributed by atoms with van der Waals surface area (Å²) in [5, 5.41) is 7.74. The first-order valence-electron chi connectivity index (χ1n) is 12.6. The Bertz CT molecular complexity index is 1870. The van der Waals surface area contributed by atoms with Crippen LogP contribution in [0.25, 0.3) is 65.8 Å². The van der Waals surface area contributed by atoms with E-state index < -0.39 is 0 Å². The SMILES string of the molecule is Cc1ccc2c(c1)c1ccccc1c1ccc(-c3cc(-c4cccnc4)cc(-c4ccccn4)c3)cc12. The first-order valence-corrected chi connectivity index (χ1v) is 12.6. The number of pyridine rings is 2. The van der Waals surface area contributed by atoms with E-state index in [0.717, 1.165) is 27.9 Å². The summed E-state index contributed by atoms with van der Waals surface area (Å²) in [4.78, 5) is 9.00. The van der Waals surface area contributed by atoms with E-state index in [9.17, 15) is 0 Å². The Balaban J connectivity index is 1.51. The van der Waals surface area contributed by atoms with Gasteiger partial charge in [-0.1, -0.05) is 72.3 Å². The van der Waals surface area contributed by atoms with Gasteiger partial charge in [-0.3, -0.25) is 9.97 Å². The number of nitrogens with zero attached hydrogens (tertiary/aromatic N) is 2. The van der Waals surface area contributed by atoms with Crippen LogP contribution in [0.1, 0.15) is 5.56 Å². The normalized spacial score (nSPS) is 11.4. The number of fused-ring (bicyclic) bond motifs is 6. The lowest BCUT2D eigenvalue weighted by atomic mass is 9.90. The van der Waals surface area contributed by atoms with Crippen LogP contribution >= 0.6 is 0 Å². The molecular formula is C35H24N2. The third-order valence-electron chi connectivity index (χ3n) is 7.21. The van der Waals surface area contributed by atoms with Gasteiger partial charge in [0.05, 0.1) is 5.69 Å². The predicted octanol–water partition coefficient (Wildman–Crippen LogP) is 9.25. The first-order chi connectivity index (χ1) is 18.2. The second-order valence-electron chi connectivity index (χ2n) is 9.61. The number of benzene rings is 5. The van der Waals surface area contributed by atoms with E-state index in [-0.39, 0.29) is 0 Å². The van der Waals surface area contributed by atoms with Crippen LogP contribution in [0, 0.1) is 6.92 Å². The van der Waals surface area contributed by atoms with Gasteiger partial charge in [-0.15, -0.1) is 0 Å². The van der Waals surface area contributed by atoms with Gasteiger partial charge in [0.2, 0.25) is 0 Å². The monoisotopic (exact) mass is 472 g/mol. The van der Waals surface area contributed by atoms with Gasteiger partial charge in [0, 0.05) is 29.7 Å². The molecule has 0 saturated carbocycles. The van der Waals surface area contributed by atoms with Crippen molar-refractivity contribution in [1.82, 2.24) is 9.97 Å². The maximum atomic E-state index is 4.64. The first kappa shape index (κ1) is 21.5. The smallest absolute Gasteiger partial charge is 0.0702 e. The molecule has 0 unspecified atom stereocenters. The minimum atomic E-state index is 0.960. The third-order valence-corrected chi connectivity index (χ3v) is 7.21. The molecule has 174 valence electrons. The highest BCUT2D eigenvalue weighted by atomic mass is 14.7. The van der Waals surface area contributed by atoms with Crippen molar-refractivity contribution in [3.8, 4) is 33.5 Å². The highest BCUT2D eigenvalue weighted by molar-refractivity contribution is 6.25. The molecule has 5 aromatic carbocycles. The van der Waals surface area contributed by atoms with Crippen LogP contribution in [0.4, 0.5) is 0 Å². The Morgan fingerprint density at radius 2 is 1.11 bits per heavy atom. The van der Waals surface area contributed by atoms with Crippen molar-refractivity contribution < 1.29 is 0 Å². The molecule has 2 aromatic heterocycles. The Morgan fingerprint density at radius 3 is 1.89 bits per heavy atom. The van der Waals surface area contributed by atoms with E-state index in [1.54, 1.807) is 0 Å². The molecule has 0 fully saturated rings. The van der Waals surface area contributed by atoms with E-state index in [0.29, 0.717) is 0 Å². The number of hydrogen-bond donors (Lipinski definition) is 0. The molecule has 0 aliphatic heterocycles. The van der Waals surface area contributed by atoms with Crippen LogP contribution in [-0.2, 0) is 0 Å². The van der Waals surface area contributed by atoms with Gasteiger partial charge in [0.1, 0.15) is 0 Å². The van der Waals surface area contributed by atoms with Gasteiger partial charge in [-0.25, -0.2) is 0 Å². The van der Waals surface area contributed by atoms with Crippen molar-refractivity contribution in [2.24, 2.45) is 0 Å². The lowest BCUT2D eigenvalue weighted by Crippen LogP contribution is -1.89. The summed E-state index contributed by atoms with van der Waals surface area (Å²) >= 11 is 0. The molecule has 2 heterocycles. The fourth-order valence-corrected chi connectivity index (χ4v) is 5.43. The molecule has 0 amide bonds. The molecule has 0 bridgehead atoms. The molecule has 0 atom stereocenters. The summed E-state index contributed by atoms with van der Waals surface area (Å²) in [6.07, 6.45) is 5.58. The van der Waals surface area contributed by atoms with E-state index in [2.05, 4.69) is 108 Å². The maximum Gasteiger partial charge on any atom is 0.0702 e. The lowest BCUT2D eigenvalue weighted by Gasteiger charge is -2.14. The van der Waals surface area contributed by atoms with Crippen LogP contribution in [0.5, 0.6) is 0 Å². The molecule has 0 saturated heterocycles. The lowest BCUT2D eigenvalue weighted by molar-refractivity contribution is 1.32. The topological polar surface area (TPSA) is 25.8 Å². The molecule has 0 spiro atoms. The highest BCUT2D eigenvalue weighted by Gasteiger charge is 2.12. The largest absolute Gasteiger partial charge is 0.264 e. The molecule has 0 aliphatic rings. The van der Waals surface area contributed by atoms with Crippen LogP contribution in [-0.4, -0.2) is 9.97 Å². The van der Waals surface area contributed by atoms with E-state index in [1.807, 2.05) is 36.8 Å². The van der Waals surface area contributed by atoms with Gasteiger partial charge in [-0.05, 0) is 98.4 Å². The summed E-state index contributed by atoms with van der Waals surface area (Å²) < 4.78 is 0. The van der Waals surface area contributed by atoms with E-state index in [4.69, 9.17) is 0 Å². The summed E-state index contributed by atoms with van der Waals surface area (Å²) in [5.74, 6) is 0. The van der Waals surface area contributed by atoms with E-state index >= 15 is 0 Å². The highest BCUT2D eigenvalue weighted by Crippen LogP contribution is 2.39. The average Bonchev–Trinajstić information content (AvgIpc) is 2.97. The molecule has 0 aliphatic carbocycles. The molecule has 7 aromatic rings. The second kappa shape index (κ2) is 8.69. The summed E-state index contributed by atoms with van der Waals surface area (Å²) in [6, 6.07) is 39.3. The fraction of sp³-hybridized carbons (Fsp3) is 0.0286. The van der Waals surface area contributed by atoms with Crippen molar-refractivity contribution in [2.75, 3.05) is 0 Å². The quantitative estimate of drug-likeness (QED) is 0.240. The van der Waals surface area contributed by atoms with Crippen molar-refractivity contribution in [1.29, 1.82) is 0 Å². The van der Waals surface area contributed by atoms with Crippen molar-refractivity contribution in [3.63, 3.8) is 0 Å². The molecule has 2 heteroatoms. The summed E-state index contributed by atoms with van der Waals surface area (Å²) in [5.41, 5.74) is 7.90. The zero-order valence-corrected chi connectivity index (χ0v) is 20.5. The van der Waals surface area contributed by atoms with Crippen molar-refractivity contribution >= 4 is 32.3 Å². The molecule has 0 radical (unpaired) electrons. The summed E-state index contributed by atoms with van der Waals surface area (Å²) in [7, 11) is 0. The number of hydrogen-bond acceptors (Lipinski definition) is 2.